The highest BCUT2D eigenvalue weighted by Gasteiger charge is 2.12. The maximum Gasteiger partial charge on any atom is 0.234 e. The molecule has 0 aliphatic rings. The van der Waals surface area contributed by atoms with E-state index < -0.39 is 0 Å². The maximum atomic E-state index is 12.3. The summed E-state index contributed by atoms with van der Waals surface area (Å²) in [5.74, 6) is 0.258. The van der Waals surface area contributed by atoms with Gasteiger partial charge in [-0.25, -0.2) is 0 Å². The Bertz CT molecular complexity index is 1050. The average Bonchev–Trinajstić information content (AvgIpc) is 3.22. The van der Waals surface area contributed by atoms with Crippen LogP contribution in [0.1, 0.15) is 12.5 Å². The maximum absolute atomic E-state index is 12.3. The van der Waals surface area contributed by atoms with E-state index in [0.717, 1.165) is 33.7 Å². The summed E-state index contributed by atoms with van der Waals surface area (Å²) in [7, 11) is 0. The minimum absolute atomic E-state index is 0.0388. The lowest BCUT2D eigenvalue weighted by Crippen LogP contribution is -2.15. The van der Waals surface area contributed by atoms with E-state index >= 15 is 0 Å². The molecular formula is C18H16N4OS2. The van der Waals surface area contributed by atoms with E-state index in [2.05, 4.69) is 40.0 Å². The second-order valence-corrected chi connectivity index (χ2v) is 7.47. The molecule has 4 rings (SSSR count). The van der Waals surface area contributed by atoms with Crippen molar-refractivity contribution in [2.24, 2.45) is 0 Å². The molecule has 0 radical (unpaired) electrons. The van der Waals surface area contributed by atoms with Crippen molar-refractivity contribution in [2.75, 3.05) is 11.1 Å². The Hall–Kier alpha value is -2.38. The molecule has 0 saturated carbocycles. The Morgan fingerprint density at radius 1 is 1.28 bits per heavy atom. The van der Waals surface area contributed by atoms with Crippen LogP contribution in [-0.4, -0.2) is 26.3 Å². The number of para-hydroxylation sites is 1. The van der Waals surface area contributed by atoms with Gasteiger partial charge < -0.3 is 5.32 Å². The third kappa shape index (κ3) is 3.12. The second kappa shape index (κ2) is 6.85. The molecule has 0 spiro atoms. The van der Waals surface area contributed by atoms with Gasteiger partial charge in [0.2, 0.25) is 5.91 Å². The van der Waals surface area contributed by atoms with Crippen molar-refractivity contribution in [2.45, 2.75) is 18.4 Å². The van der Waals surface area contributed by atoms with Gasteiger partial charge in [0.05, 0.1) is 21.5 Å². The number of thioether (sulfide) groups is 1. The molecule has 0 saturated heterocycles. The Kier molecular flexibility index (Phi) is 4.42. The lowest BCUT2D eigenvalue weighted by atomic mass is 10.1. The van der Waals surface area contributed by atoms with E-state index in [9.17, 15) is 4.79 Å². The summed E-state index contributed by atoms with van der Waals surface area (Å²) in [6.07, 6.45) is 2.60. The zero-order valence-corrected chi connectivity index (χ0v) is 15.2. The van der Waals surface area contributed by atoms with Crippen molar-refractivity contribution in [1.82, 2.24) is 14.6 Å². The number of hydrogen-bond acceptors (Lipinski definition) is 5. The normalized spacial score (nSPS) is 11.2. The Morgan fingerprint density at radius 2 is 2.16 bits per heavy atom. The van der Waals surface area contributed by atoms with Gasteiger partial charge in [-0.3, -0.25) is 9.20 Å². The summed E-state index contributed by atoms with van der Waals surface area (Å²) >= 11 is 3.09. The number of anilines is 1. The van der Waals surface area contributed by atoms with Gasteiger partial charge in [-0.1, -0.05) is 36.9 Å². The summed E-state index contributed by atoms with van der Waals surface area (Å²) in [6, 6.07) is 12.0. The number of hydrogen-bond donors (Lipinski definition) is 1. The van der Waals surface area contributed by atoms with Gasteiger partial charge in [-0.2, -0.15) is 0 Å². The molecule has 3 heterocycles. The first-order valence-electron chi connectivity index (χ1n) is 7.96. The van der Waals surface area contributed by atoms with Crippen LogP contribution in [0.5, 0.6) is 0 Å². The van der Waals surface area contributed by atoms with E-state index in [4.69, 9.17) is 0 Å². The molecule has 3 aromatic heterocycles. The smallest absolute Gasteiger partial charge is 0.234 e. The first-order valence-corrected chi connectivity index (χ1v) is 9.83. The SMILES string of the molecule is CCc1ccccc1NC(=O)CSc1nncn2c1cc1sccc12. The van der Waals surface area contributed by atoms with Crippen LogP contribution in [0, 0.1) is 0 Å². The number of aryl methyl sites for hydroxylation is 1. The highest BCUT2D eigenvalue weighted by atomic mass is 32.2. The van der Waals surface area contributed by atoms with Crippen molar-refractivity contribution in [3.8, 4) is 0 Å². The predicted molar refractivity (Wildman–Crippen MR) is 104 cm³/mol. The van der Waals surface area contributed by atoms with Crippen LogP contribution in [0.15, 0.2) is 53.1 Å². The van der Waals surface area contributed by atoms with Crippen LogP contribution in [0.4, 0.5) is 5.69 Å². The highest BCUT2D eigenvalue weighted by Crippen LogP contribution is 2.29. The highest BCUT2D eigenvalue weighted by molar-refractivity contribution is 8.00. The molecule has 1 N–H and O–H groups in total. The number of nitrogens with one attached hydrogen (secondary N) is 1. The fourth-order valence-corrected chi connectivity index (χ4v) is 4.35. The summed E-state index contributed by atoms with van der Waals surface area (Å²) in [4.78, 5) is 12.3. The molecule has 0 aliphatic carbocycles. The number of aromatic nitrogens is 3. The van der Waals surface area contributed by atoms with Crippen molar-refractivity contribution in [3.63, 3.8) is 0 Å². The first-order chi connectivity index (χ1) is 12.3. The van der Waals surface area contributed by atoms with Crippen LogP contribution in [0.3, 0.4) is 0 Å². The summed E-state index contributed by atoms with van der Waals surface area (Å²) < 4.78 is 3.21. The summed E-state index contributed by atoms with van der Waals surface area (Å²) in [6.45, 7) is 2.08. The lowest BCUT2D eigenvalue weighted by Gasteiger charge is -2.09. The Morgan fingerprint density at radius 3 is 3.04 bits per heavy atom. The summed E-state index contributed by atoms with van der Waals surface area (Å²) in [5.41, 5.74) is 4.12. The summed E-state index contributed by atoms with van der Waals surface area (Å²) in [5, 5.41) is 14.1. The quantitative estimate of drug-likeness (QED) is 0.535. The number of rotatable bonds is 5. The van der Waals surface area contributed by atoms with Crippen LogP contribution in [0.25, 0.3) is 15.7 Å². The van der Waals surface area contributed by atoms with Crippen LogP contribution in [-0.2, 0) is 11.2 Å². The predicted octanol–water partition coefficient (Wildman–Crippen LogP) is 4.24. The number of carbonyl (C=O) groups is 1. The molecule has 0 bridgehead atoms. The van der Waals surface area contributed by atoms with Gasteiger partial charge in [0.15, 0.2) is 0 Å². The number of nitrogens with zero attached hydrogens (tertiary/aromatic N) is 3. The zero-order chi connectivity index (χ0) is 17.2. The van der Waals surface area contributed by atoms with Crippen LogP contribution < -0.4 is 5.32 Å². The van der Waals surface area contributed by atoms with Crippen molar-refractivity contribution >= 4 is 50.4 Å². The fourth-order valence-electron chi connectivity index (χ4n) is 2.79. The van der Waals surface area contributed by atoms with E-state index in [1.807, 2.05) is 28.7 Å². The monoisotopic (exact) mass is 368 g/mol. The molecule has 7 heteroatoms. The van der Waals surface area contributed by atoms with Gasteiger partial charge in [0.25, 0.3) is 0 Å². The van der Waals surface area contributed by atoms with E-state index in [1.165, 1.54) is 16.5 Å². The number of thiophene rings is 1. The molecule has 0 atom stereocenters. The molecule has 1 amide bonds. The van der Waals surface area contributed by atoms with Crippen LogP contribution in [0.2, 0.25) is 0 Å². The number of fused-ring (bicyclic) bond motifs is 3. The molecule has 1 aromatic carbocycles. The molecule has 4 aromatic rings. The number of benzene rings is 1. The molecule has 0 fully saturated rings. The molecule has 25 heavy (non-hydrogen) atoms. The van der Waals surface area contributed by atoms with Gasteiger partial charge >= 0.3 is 0 Å². The zero-order valence-electron chi connectivity index (χ0n) is 13.6. The fraction of sp³-hybridized carbons (Fsp3) is 0.167. The van der Waals surface area contributed by atoms with Crippen LogP contribution >= 0.6 is 23.1 Å². The van der Waals surface area contributed by atoms with E-state index in [-0.39, 0.29) is 5.91 Å². The van der Waals surface area contributed by atoms with Crippen molar-refractivity contribution in [3.05, 3.63) is 53.7 Å². The second-order valence-electron chi connectivity index (χ2n) is 5.55. The third-order valence-corrected chi connectivity index (χ3v) is 5.83. The Balaban J connectivity index is 1.51. The third-order valence-electron chi connectivity index (χ3n) is 4.01. The molecule has 0 aliphatic heterocycles. The van der Waals surface area contributed by atoms with Crippen molar-refractivity contribution < 1.29 is 4.79 Å². The van der Waals surface area contributed by atoms with Gasteiger partial charge in [-0.15, -0.1) is 21.5 Å². The topological polar surface area (TPSA) is 59.3 Å². The molecular weight excluding hydrogens is 352 g/mol. The first kappa shape index (κ1) is 16.1. The van der Waals surface area contributed by atoms with E-state index in [0.29, 0.717) is 5.75 Å². The average molecular weight is 368 g/mol. The Labute approximate surface area is 153 Å². The standard InChI is InChI=1S/C18H16N4OS2/c1-2-12-5-3-4-6-13(12)20-17(23)10-25-18-15-9-16-14(7-8-24-16)22(15)11-19-21-18/h3-9,11H,2,10H2,1H3,(H,20,23). The molecule has 0 unspecified atom stereocenters. The minimum atomic E-state index is -0.0388. The van der Waals surface area contributed by atoms with Gasteiger partial charge in [0.1, 0.15) is 11.4 Å². The van der Waals surface area contributed by atoms with Crippen molar-refractivity contribution in [1.29, 1.82) is 0 Å². The van der Waals surface area contributed by atoms with Gasteiger partial charge in [-0.05, 0) is 35.6 Å². The van der Waals surface area contributed by atoms with E-state index in [1.54, 1.807) is 17.7 Å². The number of carbonyl (C=O) groups excluding carboxylic acids is 1. The number of amides is 1. The lowest BCUT2D eigenvalue weighted by molar-refractivity contribution is -0.113. The van der Waals surface area contributed by atoms with Gasteiger partial charge in [0, 0.05) is 5.69 Å². The minimum Gasteiger partial charge on any atom is -0.325 e. The largest absolute Gasteiger partial charge is 0.325 e. The molecule has 5 nitrogen and oxygen atoms in total. The molecule has 126 valence electrons.